The topological polar surface area (TPSA) is 30.5 Å². The third-order valence-corrected chi connectivity index (χ3v) is 2.32. The third-order valence-electron chi connectivity index (χ3n) is 2.32. The van der Waals surface area contributed by atoms with E-state index in [2.05, 4.69) is 5.32 Å². The molecule has 0 heterocycles. The second-order valence-electron chi connectivity index (χ2n) is 3.82. The molecule has 3 heteroatoms. The van der Waals surface area contributed by atoms with E-state index in [1.807, 2.05) is 6.92 Å². The van der Waals surface area contributed by atoms with E-state index in [4.69, 9.17) is 9.47 Å². The Morgan fingerprint density at radius 3 is 2.71 bits per heavy atom. The monoisotopic (exact) mass is 201 g/mol. The van der Waals surface area contributed by atoms with E-state index in [1.165, 1.54) is 12.8 Å². The van der Waals surface area contributed by atoms with Crippen LogP contribution in [0.2, 0.25) is 0 Å². The van der Waals surface area contributed by atoms with Gasteiger partial charge in [0.15, 0.2) is 0 Å². The number of rotatable bonds is 10. The Morgan fingerprint density at radius 2 is 2.00 bits per heavy atom. The summed E-state index contributed by atoms with van der Waals surface area (Å²) in [5, 5.41) is 3.33. The Kier molecular flexibility index (Phi) is 7.01. The smallest absolute Gasteiger partial charge is 0.0591 e. The zero-order valence-corrected chi connectivity index (χ0v) is 9.26. The lowest BCUT2D eigenvalue weighted by molar-refractivity contribution is 0.123. The molecule has 0 spiro atoms. The minimum Gasteiger partial charge on any atom is -0.382 e. The average molecular weight is 201 g/mol. The summed E-state index contributed by atoms with van der Waals surface area (Å²) in [6, 6.07) is 0. The van der Waals surface area contributed by atoms with Gasteiger partial charge in [0, 0.05) is 26.4 Å². The van der Waals surface area contributed by atoms with Crippen LogP contribution in [0, 0.1) is 5.92 Å². The van der Waals surface area contributed by atoms with Crippen molar-refractivity contribution >= 4 is 0 Å². The van der Waals surface area contributed by atoms with Gasteiger partial charge in [0.2, 0.25) is 0 Å². The van der Waals surface area contributed by atoms with E-state index >= 15 is 0 Å². The van der Waals surface area contributed by atoms with Gasteiger partial charge in [0.05, 0.1) is 6.61 Å². The van der Waals surface area contributed by atoms with E-state index in [-0.39, 0.29) is 0 Å². The van der Waals surface area contributed by atoms with Gasteiger partial charge in [-0.2, -0.15) is 0 Å². The lowest BCUT2D eigenvalue weighted by Gasteiger charge is -2.05. The van der Waals surface area contributed by atoms with Gasteiger partial charge in [0.1, 0.15) is 0 Å². The standard InChI is InChI=1S/C11H23NO2/c1-2-13-8-3-6-12-7-9-14-10-11-4-5-11/h11-12H,2-10H2,1H3. The number of ether oxygens (including phenoxy) is 2. The van der Waals surface area contributed by atoms with Crippen LogP contribution in [0.15, 0.2) is 0 Å². The molecule has 0 bridgehead atoms. The molecule has 0 aromatic rings. The van der Waals surface area contributed by atoms with Gasteiger partial charge in [-0.1, -0.05) is 0 Å². The average Bonchev–Trinajstić information content (AvgIpc) is 2.99. The number of nitrogens with one attached hydrogen (secondary N) is 1. The van der Waals surface area contributed by atoms with Crippen molar-refractivity contribution in [1.82, 2.24) is 5.32 Å². The van der Waals surface area contributed by atoms with E-state index in [0.29, 0.717) is 0 Å². The number of hydrogen-bond donors (Lipinski definition) is 1. The van der Waals surface area contributed by atoms with Crippen LogP contribution < -0.4 is 5.32 Å². The van der Waals surface area contributed by atoms with E-state index in [1.54, 1.807) is 0 Å². The molecule has 0 atom stereocenters. The molecule has 0 radical (unpaired) electrons. The lowest BCUT2D eigenvalue weighted by atomic mass is 10.4. The molecule has 0 aromatic carbocycles. The third kappa shape index (κ3) is 7.30. The van der Waals surface area contributed by atoms with Crippen LogP contribution in [0.3, 0.4) is 0 Å². The predicted octanol–water partition coefficient (Wildman–Crippen LogP) is 1.43. The van der Waals surface area contributed by atoms with Crippen molar-refractivity contribution in [2.24, 2.45) is 5.92 Å². The van der Waals surface area contributed by atoms with Gasteiger partial charge < -0.3 is 14.8 Å². The summed E-state index contributed by atoms with van der Waals surface area (Å²) in [6.07, 6.45) is 3.85. The predicted molar refractivity (Wildman–Crippen MR) is 57.5 cm³/mol. The van der Waals surface area contributed by atoms with Gasteiger partial charge in [0.25, 0.3) is 0 Å². The summed E-state index contributed by atoms with van der Waals surface area (Å²) in [5.41, 5.74) is 0. The second-order valence-corrected chi connectivity index (χ2v) is 3.82. The summed E-state index contributed by atoms with van der Waals surface area (Å²) in [4.78, 5) is 0. The fourth-order valence-corrected chi connectivity index (χ4v) is 1.25. The minimum absolute atomic E-state index is 0.824. The van der Waals surface area contributed by atoms with Crippen molar-refractivity contribution in [1.29, 1.82) is 0 Å². The lowest BCUT2D eigenvalue weighted by Crippen LogP contribution is -2.22. The first-order chi connectivity index (χ1) is 6.93. The molecular formula is C11H23NO2. The van der Waals surface area contributed by atoms with Crippen LogP contribution in [-0.4, -0.2) is 39.5 Å². The Morgan fingerprint density at radius 1 is 1.14 bits per heavy atom. The van der Waals surface area contributed by atoms with Crippen molar-refractivity contribution in [3.05, 3.63) is 0 Å². The Labute approximate surface area is 87.2 Å². The SMILES string of the molecule is CCOCCCNCCOCC1CC1. The van der Waals surface area contributed by atoms with Crippen molar-refractivity contribution in [2.75, 3.05) is 39.5 Å². The maximum absolute atomic E-state index is 5.49. The molecule has 1 aliphatic rings. The second kappa shape index (κ2) is 8.21. The largest absolute Gasteiger partial charge is 0.382 e. The Hall–Kier alpha value is -0.120. The highest BCUT2D eigenvalue weighted by Gasteiger charge is 2.20. The summed E-state index contributed by atoms with van der Waals surface area (Å²) >= 11 is 0. The minimum atomic E-state index is 0.824. The maximum Gasteiger partial charge on any atom is 0.0591 e. The van der Waals surface area contributed by atoms with Gasteiger partial charge in [-0.25, -0.2) is 0 Å². The Balaban J connectivity index is 1.63. The van der Waals surface area contributed by atoms with Crippen LogP contribution in [-0.2, 0) is 9.47 Å². The normalized spacial score (nSPS) is 16.1. The fourth-order valence-electron chi connectivity index (χ4n) is 1.25. The van der Waals surface area contributed by atoms with Gasteiger partial charge in [-0.05, 0) is 38.6 Å². The molecule has 1 aliphatic carbocycles. The fraction of sp³-hybridized carbons (Fsp3) is 1.00. The van der Waals surface area contributed by atoms with Crippen molar-refractivity contribution in [3.63, 3.8) is 0 Å². The molecule has 0 aromatic heterocycles. The quantitative estimate of drug-likeness (QED) is 0.542. The zero-order chi connectivity index (χ0) is 10.1. The summed E-state index contributed by atoms with van der Waals surface area (Å²) in [5.74, 6) is 0.882. The van der Waals surface area contributed by atoms with Crippen molar-refractivity contribution in [3.8, 4) is 0 Å². The first kappa shape index (κ1) is 12.0. The molecule has 0 saturated heterocycles. The molecule has 14 heavy (non-hydrogen) atoms. The van der Waals surface area contributed by atoms with Crippen LogP contribution in [0.1, 0.15) is 26.2 Å². The highest BCUT2D eigenvalue weighted by Crippen LogP contribution is 2.28. The Bertz CT molecular complexity index is 126. The highest BCUT2D eigenvalue weighted by atomic mass is 16.5. The van der Waals surface area contributed by atoms with Crippen molar-refractivity contribution in [2.45, 2.75) is 26.2 Å². The van der Waals surface area contributed by atoms with Crippen LogP contribution in [0.5, 0.6) is 0 Å². The van der Waals surface area contributed by atoms with Gasteiger partial charge in [-0.15, -0.1) is 0 Å². The van der Waals surface area contributed by atoms with Crippen LogP contribution in [0.25, 0.3) is 0 Å². The zero-order valence-electron chi connectivity index (χ0n) is 9.26. The van der Waals surface area contributed by atoms with E-state index in [9.17, 15) is 0 Å². The molecular weight excluding hydrogens is 178 g/mol. The molecule has 1 saturated carbocycles. The van der Waals surface area contributed by atoms with Crippen molar-refractivity contribution < 1.29 is 9.47 Å². The molecule has 1 fully saturated rings. The molecule has 0 aliphatic heterocycles. The van der Waals surface area contributed by atoms with E-state index < -0.39 is 0 Å². The van der Waals surface area contributed by atoms with E-state index in [0.717, 1.165) is 51.9 Å². The molecule has 1 N–H and O–H groups in total. The first-order valence-electron chi connectivity index (χ1n) is 5.79. The van der Waals surface area contributed by atoms with Gasteiger partial charge >= 0.3 is 0 Å². The first-order valence-corrected chi connectivity index (χ1v) is 5.79. The van der Waals surface area contributed by atoms with Gasteiger partial charge in [-0.3, -0.25) is 0 Å². The number of hydrogen-bond acceptors (Lipinski definition) is 3. The molecule has 1 rings (SSSR count). The summed E-state index contributed by atoms with van der Waals surface area (Å²) < 4.78 is 10.7. The summed E-state index contributed by atoms with van der Waals surface area (Å²) in [7, 11) is 0. The summed E-state index contributed by atoms with van der Waals surface area (Å²) in [6.45, 7) is 7.55. The molecule has 0 amide bonds. The van der Waals surface area contributed by atoms with Crippen LogP contribution >= 0.6 is 0 Å². The van der Waals surface area contributed by atoms with Crippen LogP contribution in [0.4, 0.5) is 0 Å². The molecule has 84 valence electrons. The maximum atomic E-state index is 5.49. The molecule has 0 unspecified atom stereocenters. The molecule has 3 nitrogen and oxygen atoms in total. The highest BCUT2D eigenvalue weighted by molar-refractivity contribution is 4.71.